The van der Waals surface area contributed by atoms with Crippen molar-refractivity contribution in [1.82, 2.24) is 4.31 Å². The fraction of sp³-hybridized carbons (Fsp3) is 0.462. The number of sulfonamides is 1. The van der Waals surface area contributed by atoms with Crippen molar-refractivity contribution in [2.24, 2.45) is 0 Å². The van der Waals surface area contributed by atoms with E-state index in [1.54, 1.807) is 11.8 Å². The van der Waals surface area contributed by atoms with Gasteiger partial charge in [-0.3, -0.25) is 0 Å². The van der Waals surface area contributed by atoms with Gasteiger partial charge in [-0.2, -0.15) is 11.8 Å². The molecule has 0 amide bonds. The summed E-state index contributed by atoms with van der Waals surface area (Å²) in [6.45, 7) is 2.62. The first-order chi connectivity index (χ1) is 9.70. The van der Waals surface area contributed by atoms with Crippen molar-refractivity contribution >= 4 is 33.4 Å². The zero-order valence-corrected chi connectivity index (χ0v) is 14.1. The highest BCUT2D eigenvalue weighted by molar-refractivity contribution is 7.99. The van der Waals surface area contributed by atoms with Crippen molar-refractivity contribution in [3.05, 3.63) is 23.8 Å². The Kier molecular flexibility index (Phi) is 6.06. The summed E-state index contributed by atoms with van der Waals surface area (Å²) >= 11 is 1.66. The van der Waals surface area contributed by atoms with Crippen molar-refractivity contribution in [1.29, 1.82) is 0 Å². The van der Waals surface area contributed by atoms with Gasteiger partial charge in [-0.15, -0.1) is 0 Å². The number of benzene rings is 1. The van der Waals surface area contributed by atoms with Crippen LogP contribution in [0.25, 0.3) is 0 Å². The van der Waals surface area contributed by atoms with Crippen LogP contribution in [0.1, 0.15) is 17.3 Å². The highest BCUT2D eigenvalue weighted by Gasteiger charge is 2.21. The number of nitrogens with zero attached hydrogens (tertiary/aromatic N) is 1. The predicted molar refractivity (Wildman–Crippen MR) is 85.7 cm³/mol. The number of nitrogens with one attached hydrogen (secondary N) is 1. The second kappa shape index (κ2) is 7.15. The minimum atomic E-state index is -3.65. The zero-order valence-electron chi connectivity index (χ0n) is 12.5. The minimum absolute atomic E-state index is 0.0339. The highest BCUT2D eigenvalue weighted by atomic mass is 32.2. The van der Waals surface area contributed by atoms with Gasteiger partial charge in [-0.25, -0.2) is 17.5 Å². The van der Waals surface area contributed by atoms with Gasteiger partial charge in [0.05, 0.1) is 10.5 Å². The molecule has 118 valence electrons. The first-order valence-corrected chi connectivity index (χ1v) is 8.99. The molecule has 0 bridgehead atoms. The van der Waals surface area contributed by atoms with Crippen LogP contribution in [-0.4, -0.2) is 55.9 Å². The summed E-state index contributed by atoms with van der Waals surface area (Å²) in [4.78, 5) is 11.3. The molecular weight excluding hydrogens is 312 g/mol. The molecule has 0 aliphatic rings. The van der Waals surface area contributed by atoms with E-state index in [0.29, 0.717) is 17.5 Å². The number of aromatic carboxylic acids is 1. The first-order valence-electron chi connectivity index (χ1n) is 6.26. The summed E-state index contributed by atoms with van der Waals surface area (Å²) < 4.78 is 25.1. The van der Waals surface area contributed by atoms with Crippen LogP contribution in [0.4, 0.5) is 5.69 Å². The molecular formula is C13H20N2O4S2. The Morgan fingerprint density at radius 3 is 2.52 bits per heavy atom. The number of anilines is 1. The SMILES string of the molecule is CSC(C)CNc1ccc(S(=O)(=O)N(C)C)cc1C(=O)O. The van der Waals surface area contributed by atoms with Crippen LogP contribution in [0.5, 0.6) is 0 Å². The number of rotatable bonds is 7. The number of hydrogen-bond acceptors (Lipinski definition) is 5. The van der Waals surface area contributed by atoms with E-state index in [2.05, 4.69) is 5.32 Å². The average molecular weight is 332 g/mol. The monoisotopic (exact) mass is 332 g/mol. The molecule has 0 radical (unpaired) electrons. The summed E-state index contributed by atoms with van der Waals surface area (Å²) in [7, 11) is -0.838. The Labute approximate surface area is 129 Å². The van der Waals surface area contributed by atoms with E-state index >= 15 is 0 Å². The van der Waals surface area contributed by atoms with Crippen molar-refractivity contribution in [3.63, 3.8) is 0 Å². The van der Waals surface area contributed by atoms with Gasteiger partial charge in [-0.05, 0) is 24.5 Å². The largest absolute Gasteiger partial charge is 0.478 e. The van der Waals surface area contributed by atoms with Crippen molar-refractivity contribution < 1.29 is 18.3 Å². The molecule has 0 aliphatic heterocycles. The molecule has 0 aliphatic carbocycles. The molecule has 2 N–H and O–H groups in total. The third-order valence-corrected chi connectivity index (χ3v) is 5.76. The Morgan fingerprint density at radius 2 is 2.05 bits per heavy atom. The second-order valence-electron chi connectivity index (χ2n) is 4.73. The number of thioether (sulfide) groups is 1. The van der Waals surface area contributed by atoms with E-state index in [4.69, 9.17) is 0 Å². The van der Waals surface area contributed by atoms with Crippen molar-refractivity contribution in [3.8, 4) is 0 Å². The summed E-state index contributed by atoms with van der Waals surface area (Å²) in [6.07, 6.45) is 1.97. The van der Waals surface area contributed by atoms with Crippen LogP contribution < -0.4 is 5.32 Å². The minimum Gasteiger partial charge on any atom is -0.478 e. The third kappa shape index (κ3) is 4.36. The molecule has 0 fully saturated rings. The lowest BCUT2D eigenvalue weighted by Crippen LogP contribution is -2.23. The van der Waals surface area contributed by atoms with E-state index in [1.165, 1.54) is 32.3 Å². The van der Waals surface area contributed by atoms with Crippen LogP contribution >= 0.6 is 11.8 Å². The van der Waals surface area contributed by atoms with Crippen LogP contribution in [0.3, 0.4) is 0 Å². The molecule has 0 heterocycles. The summed E-state index contributed by atoms with van der Waals surface area (Å²) in [5, 5.41) is 12.6. The summed E-state index contributed by atoms with van der Waals surface area (Å²) in [5.74, 6) is -1.16. The first kappa shape index (κ1) is 17.8. The van der Waals surface area contributed by atoms with E-state index in [9.17, 15) is 18.3 Å². The fourth-order valence-corrected chi connectivity index (χ4v) is 2.74. The molecule has 1 aromatic rings. The molecule has 8 heteroatoms. The van der Waals surface area contributed by atoms with Gasteiger partial charge in [0.1, 0.15) is 0 Å². The molecule has 0 saturated heterocycles. The Balaban J connectivity index is 3.17. The normalized spacial score (nSPS) is 13.2. The highest BCUT2D eigenvalue weighted by Crippen LogP contribution is 2.22. The molecule has 1 aromatic carbocycles. The number of carboxylic acid groups (broad SMARTS) is 1. The lowest BCUT2D eigenvalue weighted by atomic mass is 10.2. The van der Waals surface area contributed by atoms with Crippen molar-refractivity contribution in [2.75, 3.05) is 32.2 Å². The van der Waals surface area contributed by atoms with Gasteiger partial charge in [0.2, 0.25) is 10.0 Å². The van der Waals surface area contributed by atoms with Gasteiger partial charge in [-0.1, -0.05) is 6.92 Å². The van der Waals surface area contributed by atoms with Crippen LogP contribution in [-0.2, 0) is 10.0 Å². The Hall–Kier alpha value is -1.25. The van der Waals surface area contributed by atoms with Gasteiger partial charge in [0, 0.05) is 31.6 Å². The standard InChI is InChI=1S/C13H20N2O4S2/c1-9(20-4)8-14-12-6-5-10(7-11(12)13(16)17)21(18,19)15(2)3/h5-7,9,14H,8H2,1-4H3,(H,16,17). The van der Waals surface area contributed by atoms with Gasteiger partial charge in [0.15, 0.2) is 0 Å². The molecule has 1 atom stereocenters. The Morgan fingerprint density at radius 1 is 1.43 bits per heavy atom. The summed E-state index contributed by atoms with van der Waals surface area (Å²) in [5.41, 5.74) is 0.368. The number of hydrogen-bond donors (Lipinski definition) is 2. The maximum absolute atomic E-state index is 12.0. The van der Waals surface area contributed by atoms with Crippen LogP contribution in [0.2, 0.25) is 0 Å². The van der Waals surface area contributed by atoms with Crippen LogP contribution in [0.15, 0.2) is 23.1 Å². The molecule has 1 rings (SSSR count). The van der Waals surface area contributed by atoms with Gasteiger partial charge in [0.25, 0.3) is 0 Å². The van der Waals surface area contributed by atoms with E-state index in [0.717, 1.165) is 4.31 Å². The molecule has 6 nitrogen and oxygen atoms in total. The number of carboxylic acids is 1. The van der Waals surface area contributed by atoms with E-state index < -0.39 is 16.0 Å². The van der Waals surface area contributed by atoms with Gasteiger partial charge >= 0.3 is 5.97 Å². The lowest BCUT2D eigenvalue weighted by molar-refractivity contribution is 0.0697. The average Bonchev–Trinajstić information content (AvgIpc) is 2.43. The maximum Gasteiger partial charge on any atom is 0.337 e. The fourth-order valence-electron chi connectivity index (χ4n) is 1.56. The molecule has 0 aromatic heterocycles. The van der Waals surface area contributed by atoms with Crippen molar-refractivity contribution in [2.45, 2.75) is 17.1 Å². The third-order valence-electron chi connectivity index (χ3n) is 2.98. The second-order valence-corrected chi connectivity index (χ2v) is 8.16. The molecule has 0 saturated carbocycles. The lowest BCUT2D eigenvalue weighted by Gasteiger charge is -2.16. The smallest absolute Gasteiger partial charge is 0.337 e. The predicted octanol–water partition coefficient (Wildman–Crippen LogP) is 1.80. The maximum atomic E-state index is 12.0. The van der Waals surface area contributed by atoms with Crippen LogP contribution in [0, 0.1) is 0 Å². The van der Waals surface area contributed by atoms with E-state index in [1.807, 2.05) is 13.2 Å². The molecule has 1 unspecified atom stereocenters. The van der Waals surface area contributed by atoms with Gasteiger partial charge < -0.3 is 10.4 Å². The molecule has 21 heavy (non-hydrogen) atoms. The summed E-state index contributed by atoms with van der Waals surface area (Å²) in [6, 6.07) is 4.09. The topological polar surface area (TPSA) is 86.7 Å². The van der Waals surface area contributed by atoms with E-state index in [-0.39, 0.29) is 10.5 Å². The zero-order chi connectivity index (χ0) is 16.2. The molecule has 0 spiro atoms. The Bertz CT molecular complexity index is 615. The quantitative estimate of drug-likeness (QED) is 0.792. The number of carbonyl (C=O) groups is 1.